The molecule has 2 aliphatic carbocycles. The van der Waals surface area contributed by atoms with Crippen LogP contribution in [0.15, 0.2) is 0 Å². The van der Waals surface area contributed by atoms with Crippen molar-refractivity contribution in [1.29, 1.82) is 0 Å². The van der Waals surface area contributed by atoms with Crippen LogP contribution < -0.4 is 0 Å². The molecular formula is C9H12O3. The fourth-order valence-electron chi connectivity index (χ4n) is 3.17. The number of ether oxygens (including phenoxy) is 2. The largest absolute Gasteiger partial charge is 0.469 e. The van der Waals surface area contributed by atoms with Crippen LogP contribution in [0, 0.1) is 11.8 Å². The number of esters is 1. The van der Waals surface area contributed by atoms with Crippen LogP contribution in [0.1, 0.15) is 19.3 Å². The Balaban J connectivity index is 1.87. The van der Waals surface area contributed by atoms with E-state index in [9.17, 15) is 4.79 Å². The summed E-state index contributed by atoms with van der Waals surface area (Å²) in [4.78, 5) is 11.3. The van der Waals surface area contributed by atoms with E-state index in [4.69, 9.17) is 9.47 Å². The van der Waals surface area contributed by atoms with Gasteiger partial charge in [0, 0.05) is 6.42 Å². The van der Waals surface area contributed by atoms with Crippen LogP contribution in [0.25, 0.3) is 0 Å². The minimum absolute atomic E-state index is 0.0394. The topological polar surface area (TPSA) is 35.5 Å². The van der Waals surface area contributed by atoms with Crippen molar-refractivity contribution in [3.05, 3.63) is 0 Å². The van der Waals surface area contributed by atoms with E-state index in [1.165, 1.54) is 7.11 Å². The predicted molar refractivity (Wildman–Crippen MR) is 40.5 cm³/mol. The van der Waals surface area contributed by atoms with Crippen molar-refractivity contribution in [1.82, 2.24) is 0 Å². The van der Waals surface area contributed by atoms with Crippen molar-refractivity contribution in [2.75, 3.05) is 7.11 Å². The van der Waals surface area contributed by atoms with E-state index in [1.54, 1.807) is 0 Å². The van der Waals surface area contributed by atoms with E-state index < -0.39 is 0 Å². The molecule has 2 saturated heterocycles. The average molecular weight is 168 g/mol. The lowest BCUT2D eigenvalue weighted by molar-refractivity contribution is -0.217. The average Bonchev–Trinajstić information content (AvgIpc) is 2.63. The van der Waals surface area contributed by atoms with Gasteiger partial charge >= 0.3 is 5.97 Å². The molecule has 0 amide bonds. The van der Waals surface area contributed by atoms with Gasteiger partial charge in [-0.3, -0.25) is 4.79 Å². The molecule has 0 aromatic heterocycles. The van der Waals surface area contributed by atoms with E-state index in [2.05, 4.69) is 0 Å². The monoisotopic (exact) mass is 168 g/mol. The first-order chi connectivity index (χ1) is 5.75. The molecule has 66 valence electrons. The first kappa shape index (κ1) is 6.89. The van der Waals surface area contributed by atoms with Gasteiger partial charge in [-0.1, -0.05) is 0 Å². The molecule has 4 rings (SSSR count). The van der Waals surface area contributed by atoms with Crippen LogP contribution >= 0.6 is 0 Å². The lowest BCUT2D eigenvalue weighted by Crippen LogP contribution is -2.53. The van der Waals surface area contributed by atoms with Gasteiger partial charge in [0.25, 0.3) is 0 Å². The molecule has 0 radical (unpaired) electrons. The smallest absolute Gasteiger partial charge is 0.311 e. The molecule has 2 heterocycles. The van der Waals surface area contributed by atoms with E-state index in [0.29, 0.717) is 12.0 Å². The van der Waals surface area contributed by atoms with Gasteiger partial charge in [-0.25, -0.2) is 0 Å². The third-order valence-corrected chi connectivity index (χ3v) is 3.73. The Morgan fingerprint density at radius 2 is 2.33 bits per heavy atom. The number of hydrogen-bond acceptors (Lipinski definition) is 3. The Morgan fingerprint density at radius 3 is 2.75 bits per heavy atom. The summed E-state index contributed by atoms with van der Waals surface area (Å²) >= 11 is 0. The maximum absolute atomic E-state index is 11.3. The van der Waals surface area contributed by atoms with Crippen LogP contribution in [0.3, 0.4) is 0 Å². The molecule has 0 N–H and O–H groups in total. The Bertz CT molecular complexity index is 242. The molecular weight excluding hydrogens is 156 g/mol. The maximum Gasteiger partial charge on any atom is 0.311 e. The molecule has 3 bridgehead atoms. The number of carbonyl (C=O) groups excluding carboxylic acids is 1. The van der Waals surface area contributed by atoms with Crippen molar-refractivity contribution < 1.29 is 14.3 Å². The molecule has 3 nitrogen and oxygen atoms in total. The highest BCUT2D eigenvalue weighted by Gasteiger charge is 2.69. The van der Waals surface area contributed by atoms with Crippen molar-refractivity contribution in [2.45, 2.75) is 31.0 Å². The van der Waals surface area contributed by atoms with Gasteiger partial charge in [0.05, 0.1) is 24.7 Å². The van der Waals surface area contributed by atoms with Gasteiger partial charge < -0.3 is 9.47 Å². The lowest BCUT2D eigenvalue weighted by atomic mass is 9.79. The second kappa shape index (κ2) is 1.84. The molecule has 4 atom stereocenters. The van der Waals surface area contributed by atoms with Gasteiger partial charge in [-0.15, -0.1) is 0 Å². The molecule has 2 aliphatic heterocycles. The minimum Gasteiger partial charge on any atom is -0.469 e. The van der Waals surface area contributed by atoms with Crippen molar-refractivity contribution >= 4 is 5.97 Å². The van der Waals surface area contributed by atoms with Crippen LogP contribution in [-0.4, -0.2) is 24.8 Å². The van der Waals surface area contributed by atoms with Gasteiger partial charge in [0.15, 0.2) is 0 Å². The SMILES string of the molecule is COC(=O)C1CC2CC13CC2O3. The van der Waals surface area contributed by atoms with Crippen LogP contribution in [-0.2, 0) is 14.3 Å². The molecule has 0 aromatic carbocycles. The van der Waals surface area contributed by atoms with Gasteiger partial charge in [-0.2, -0.15) is 0 Å². The van der Waals surface area contributed by atoms with Crippen molar-refractivity contribution in [3.63, 3.8) is 0 Å². The Labute approximate surface area is 71.0 Å². The molecule has 4 fully saturated rings. The highest BCUT2D eigenvalue weighted by molar-refractivity contribution is 5.75. The number of hydrogen-bond donors (Lipinski definition) is 0. The summed E-state index contributed by atoms with van der Waals surface area (Å²) in [5.74, 6) is 0.613. The number of carbonyl (C=O) groups is 1. The van der Waals surface area contributed by atoms with E-state index in [1.807, 2.05) is 0 Å². The third kappa shape index (κ3) is 0.565. The van der Waals surface area contributed by atoms with Crippen LogP contribution in [0.5, 0.6) is 0 Å². The second-order valence-corrected chi connectivity index (χ2v) is 4.20. The van der Waals surface area contributed by atoms with Gasteiger partial charge in [0.1, 0.15) is 0 Å². The summed E-state index contributed by atoms with van der Waals surface area (Å²) in [7, 11) is 1.46. The summed E-state index contributed by atoms with van der Waals surface area (Å²) in [6.07, 6.45) is 3.66. The molecule has 1 spiro atoms. The fourth-order valence-corrected chi connectivity index (χ4v) is 3.17. The quantitative estimate of drug-likeness (QED) is 0.541. The summed E-state index contributed by atoms with van der Waals surface area (Å²) < 4.78 is 10.4. The Morgan fingerprint density at radius 1 is 1.58 bits per heavy atom. The normalized spacial score (nSPS) is 53.6. The zero-order valence-corrected chi connectivity index (χ0v) is 7.08. The van der Waals surface area contributed by atoms with Crippen LogP contribution in [0.4, 0.5) is 0 Å². The zero-order valence-electron chi connectivity index (χ0n) is 7.08. The maximum atomic E-state index is 11.3. The predicted octanol–water partition coefficient (Wildman–Crippen LogP) is 0.727. The van der Waals surface area contributed by atoms with Crippen LogP contribution in [0.2, 0.25) is 0 Å². The number of rotatable bonds is 1. The first-order valence-electron chi connectivity index (χ1n) is 4.51. The fraction of sp³-hybridized carbons (Fsp3) is 0.889. The first-order valence-corrected chi connectivity index (χ1v) is 4.51. The Kier molecular flexibility index (Phi) is 1.06. The highest BCUT2D eigenvalue weighted by atomic mass is 16.6. The zero-order chi connectivity index (χ0) is 8.34. The summed E-state index contributed by atoms with van der Waals surface area (Å²) in [6, 6.07) is 0. The summed E-state index contributed by atoms with van der Waals surface area (Å²) in [6.45, 7) is 0. The standard InChI is InChI=1S/C9H12O3/c1-11-8(10)6-2-5-3-9(6)4-7(5)12-9/h5-7H,2-4H2,1H3. The second-order valence-electron chi connectivity index (χ2n) is 4.20. The van der Waals surface area contributed by atoms with E-state index >= 15 is 0 Å². The molecule has 3 heteroatoms. The summed E-state index contributed by atoms with van der Waals surface area (Å²) in [5, 5.41) is 0. The van der Waals surface area contributed by atoms with E-state index in [0.717, 1.165) is 19.3 Å². The molecule has 12 heavy (non-hydrogen) atoms. The van der Waals surface area contributed by atoms with Gasteiger partial charge in [-0.05, 0) is 18.8 Å². The minimum atomic E-state index is -0.0809. The van der Waals surface area contributed by atoms with E-state index in [-0.39, 0.29) is 17.5 Å². The molecule has 2 saturated carbocycles. The lowest BCUT2D eigenvalue weighted by Gasteiger charge is -2.46. The van der Waals surface area contributed by atoms with Crippen molar-refractivity contribution in [2.24, 2.45) is 11.8 Å². The molecule has 4 unspecified atom stereocenters. The molecule has 4 aliphatic rings. The highest BCUT2D eigenvalue weighted by Crippen LogP contribution is 2.63. The number of methoxy groups -OCH3 is 1. The van der Waals surface area contributed by atoms with Gasteiger partial charge in [0.2, 0.25) is 0 Å². The molecule has 0 aromatic rings. The Hall–Kier alpha value is -0.570. The van der Waals surface area contributed by atoms with Crippen molar-refractivity contribution in [3.8, 4) is 0 Å². The third-order valence-electron chi connectivity index (χ3n) is 3.73. The summed E-state index contributed by atoms with van der Waals surface area (Å²) in [5.41, 5.74) is -0.0809.